The maximum Gasteiger partial charge on any atom is 0.239 e. The predicted molar refractivity (Wildman–Crippen MR) is 69.5 cm³/mol. The van der Waals surface area contributed by atoms with Gasteiger partial charge in [0.2, 0.25) is 5.91 Å². The molecule has 98 valence electrons. The molecule has 1 aliphatic heterocycles. The van der Waals surface area contributed by atoms with Crippen molar-refractivity contribution < 1.29 is 4.79 Å². The van der Waals surface area contributed by atoms with E-state index in [4.69, 9.17) is 5.73 Å². The van der Waals surface area contributed by atoms with Crippen LogP contribution >= 0.6 is 0 Å². The second-order valence-electron chi connectivity index (χ2n) is 5.77. The molecule has 0 bridgehead atoms. The molecule has 2 N–H and O–H groups in total. The molecular formula is C14H26N2O. The van der Waals surface area contributed by atoms with Gasteiger partial charge in [0, 0.05) is 13.1 Å². The first-order valence-corrected chi connectivity index (χ1v) is 7.26. The molecule has 2 unspecified atom stereocenters. The highest BCUT2D eigenvalue weighted by Crippen LogP contribution is 2.36. The summed E-state index contributed by atoms with van der Waals surface area (Å²) in [5, 5.41) is 0. The van der Waals surface area contributed by atoms with Crippen molar-refractivity contribution >= 4 is 5.91 Å². The van der Waals surface area contributed by atoms with Gasteiger partial charge in [0.05, 0.1) is 6.04 Å². The van der Waals surface area contributed by atoms with Gasteiger partial charge >= 0.3 is 0 Å². The van der Waals surface area contributed by atoms with E-state index in [1.807, 2.05) is 4.90 Å². The minimum Gasteiger partial charge on any atom is -0.341 e. The van der Waals surface area contributed by atoms with Crippen LogP contribution < -0.4 is 5.73 Å². The largest absolute Gasteiger partial charge is 0.341 e. The fourth-order valence-electron chi connectivity index (χ4n) is 3.47. The molecular weight excluding hydrogens is 212 g/mol. The van der Waals surface area contributed by atoms with Crippen molar-refractivity contribution in [3.63, 3.8) is 0 Å². The number of nitrogens with two attached hydrogens (primary N) is 1. The highest BCUT2D eigenvalue weighted by atomic mass is 16.2. The average molecular weight is 238 g/mol. The lowest BCUT2D eigenvalue weighted by atomic mass is 9.75. The standard InChI is InChI=1S/C14H26N2O/c1-2-5-13(15)14(17)16-9-8-11-6-3-4-7-12(11)10-16/h11-13H,2-10,15H2,1H3/t11?,12?,13-/m1/s1. The van der Waals surface area contributed by atoms with Crippen LogP contribution in [0, 0.1) is 11.8 Å². The molecule has 1 amide bonds. The number of fused-ring (bicyclic) bond motifs is 1. The van der Waals surface area contributed by atoms with Crippen LogP contribution in [0.25, 0.3) is 0 Å². The summed E-state index contributed by atoms with van der Waals surface area (Å²) in [5.74, 6) is 1.83. The van der Waals surface area contributed by atoms with Crippen molar-refractivity contribution in [1.82, 2.24) is 4.90 Å². The molecule has 3 atom stereocenters. The van der Waals surface area contributed by atoms with Crippen LogP contribution in [0.5, 0.6) is 0 Å². The van der Waals surface area contributed by atoms with Gasteiger partial charge in [0.1, 0.15) is 0 Å². The molecule has 2 rings (SSSR count). The van der Waals surface area contributed by atoms with Crippen LogP contribution in [0.1, 0.15) is 51.9 Å². The lowest BCUT2D eigenvalue weighted by Gasteiger charge is -2.42. The SMILES string of the molecule is CCC[C@@H](N)C(=O)N1CCC2CCCCC2C1. The monoisotopic (exact) mass is 238 g/mol. The maximum atomic E-state index is 12.2. The van der Waals surface area contributed by atoms with Gasteiger partial charge in [-0.05, 0) is 31.1 Å². The number of hydrogen-bond donors (Lipinski definition) is 1. The molecule has 3 nitrogen and oxygen atoms in total. The Morgan fingerprint density at radius 2 is 2.00 bits per heavy atom. The Balaban J connectivity index is 1.88. The summed E-state index contributed by atoms with van der Waals surface area (Å²) in [7, 11) is 0. The van der Waals surface area contributed by atoms with Crippen molar-refractivity contribution in [2.75, 3.05) is 13.1 Å². The molecule has 1 heterocycles. The molecule has 0 aromatic heterocycles. The van der Waals surface area contributed by atoms with Crippen LogP contribution in [-0.2, 0) is 4.79 Å². The zero-order valence-electron chi connectivity index (χ0n) is 11.0. The predicted octanol–water partition coefficient (Wildman–Crippen LogP) is 2.15. The molecule has 0 aromatic carbocycles. The molecule has 1 aliphatic carbocycles. The van der Waals surface area contributed by atoms with E-state index >= 15 is 0 Å². The van der Waals surface area contributed by atoms with Gasteiger partial charge in [-0.3, -0.25) is 4.79 Å². The molecule has 1 saturated carbocycles. The summed E-state index contributed by atoms with van der Waals surface area (Å²) in [6.45, 7) is 4.00. The van der Waals surface area contributed by atoms with Crippen molar-refractivity contribution in [1.29, 1.82) is 0 Å². The third-order valence-corrected chi connectivity index (χ3v) is 4.52. The topological polar surface area (TPSA) is 46.3 Å². The second-order valence-corrected chi connectivity index (χ2v) is 5.77. The molecule has 3 heteroatoms. The van der Waals surface area contributed by atoms with Gasteiger partial charge in [-0.15, -0.1) is 0 Å². The number of carbonyl (C=O) groups excluding carboxylic acids is 1. The van der Waals surface area contributed by atoms with E-state index < -0.39 is 0 Å². The van der Waals surface area contributed by atoms with E-state index in [0.29, 0.717) is 0 Å². The average Bonchev–Trinajstić information content (AvgIpc) is 2.37. The summed E-state index contributed by atoms with van der Waals surface area (Å²) in [5.41, 5.74) is 5.94. The highest BCUT2D eigenvalue weighted by Gasteiger charge is 2.33. The Bertz CT molecular complexity index is 267. The number of nitrogens with zero attached hydrogens (tertiary/aromatic N) is 1. The van der Waals surface area contributed by atoms with Crippen LogP contribution in [0.3, 0.4) is 0 Å². The van der Waals surface area contributed by atoms with Gasteiger partial charge in [-0.1, -0.05) is 32.6 Å². The Hall–Kier alpha value is -0.570. The van der Waals surface area contributed by atoms with Gasteiger partial charge in [-0.2, -0.15) is 0 Å². The minimum absolute atomic E-state index is 0.191. The third-order valence-electron chi connectivity index (χ3n) is 4.52. The Labute approximate surface area is 105 Å². The summed E-state index contributed by atoms with van der Waals surface area (Å²) < 4.78 is 0. The van der Waals surface area contributed by atoms with Gasteiger partial charge in [-0.25, -0.2) is 0 Å². The van der Waals surface area contributed by atoms with Crippen LogP contribution in [0.4, 0.5) is 0 Å². The van der Waals surface area contributed by atoms with E-state index in [-0.39, 0.29) is 11.9 Å². The van der Waals surface area contributed by atoms with E-state index in [2.05, 4.69) is 6.92 Å². The van der Waals surface area contributed by atoms with E-state index in [1.165, 1.54) is 32.1 Å². The second kappa shape index (κ2) is 5.85. The number of rotatable bonds is 3. The quantitative estimate of drug-likeness (QED) is 0.819. The molecule has 2 aliphatic rings. The molecule has 0 aromatic rings. The van der Waals surface area contributed by atoms with Gasteiger partial charge in [0.15, 0.2) is 0 Å². The summed E-state index contributed by atoms with van der Waals surface area (Å²) in [6, 6.07) is -0.264. The zero-order chi connectivity index (χ0) is 12.3. The fraction of sp³-hybridized carbons (Fsp3) is 0.929. The summed E-state index contributed by atoms with van der Waals surface area (Å²) >= 11 is 0. The van der Waals surface area contributed by atoms with Crippen LogP contribution in [0.15, 0.2) is 0 Å². The minimum atomic E-state index is -0.264. The van der Waals surface area contributed by atoms with Crippen LogP contribution in [-0.4, -0.2) is 29.9 Å². The number of likely N-dealkylation sites (tertiary alicyclic amines) is 1. The Kier molecular flexibility index (Phi) is 4.43. The summed E-state index contributed by atoms with van der Waals surface area (Å²) in [6.07, 6.45) is 8.46. The highest BCUT2D eigenvalue weighted by molar-refractivity contribution is 5.81. The Morgan fingerprint density at radius 3 is 2.71 bits per heavy atom. The number of amides is 1. The number of carbonyl (C=O) groups is 1. The molecule has 0 radical (unpaired) electrons. The molecule has 0 spiro atoms. The lowest BCUT2D eigenvalue weighted by Crippen LogP contribution is -2.50. The fourth-order valence-corrected chi connectivity index (χ4v) is 3.47. The number of hydrogen-bond acceptors (Lipinski definition) is 2. The van der Waals surface area contributed by atoms with Gasteiger partial charge in [0.25, 0.3) is 0 Å². The van der Waals surface area contributed by atoms with Crippen molar-refractivity contribution in [3.05, 3.63) is 0 Å². The van der Waals surface area contributed by atoms with E-state index in [1.54, 1.807) is 0 Å². The van der Waals surface area contributed by atoms with E-state index in [0.717, 1.165) is 37.8 Å². The molecule has 1 saturated heterocycles. The van der Waals surface area contributed by atoms with Crippen molar-refractivity contribution in [2.45, 2.75) is 57.9 Å². The Morgan fingerprint density at radius 1 is 1.29 bits per heavy atom. The lowest BCUT2D eigenvalue weighted by molar-refractivity contribution is -0.135. The first-order chi connectivity index (χ1) is 8.22. The third kappa shape index (κ3) is 3.01. The first-order valence-electron chi connectivity index (χ1n) is 7.26. The molecule has 17 heavy (non-hydrogen) atoms. The van der Waals surface area contributed by atoms with Crippen LogP contribution in [0.2, 0.25) is 0 Å². The number of piperidine rings is 1. The van der Waals surface area contributed by atoms with Crippen molar-refractivity contribution in [2.24, 2.45) is 17.6 Å². The molecule has 2 fully saturated rings. The maximum absolute atomic E-state index is 12.2. The normalized spacial score (nSPS) is 30.8. The van der Waals surface area contributed by atoms with Crippen molar-refractivity contribution in [3.8, 4) is 0 Å². The van der Waals surface area contributed by atoms with Gasteiger partial charge < -0.3 is 10.6 Å². The van der Waals surface area contributed by atoms with E-state index in [9.17, 15) is 4.79 Å². The zero-order valence-corrected chi connectivity index (χ0v) is 11.0. The smallest absolute Gasteiger partial charge is 0.239 e. The first kappa shape index (κ1) is 12.9. The summed E-state index contributed by atoms with van der Waals surface area (Å²) in [4.78, 5) is 14.2.